The van der Waals surface area contributed by atoms with E-state index in [0.29, 0.717) is 23.1 Å². The minimum Gasteiger partial charge on any atom is -0.390 e. The molecule has 4 nitrogen and oxygen atoms in total. The number of hydrogen-bond acceptors (Lipinski definition) is 3. The second kappa shape index (κ2) is 7.64. The molecule has 0 fully saturated rings. The van der Waals surface area contributed by atoms with Gasteiger partial charge in [0.2, 0.25) is 0 Å². The molecule has 0 saturated carbocycles. The van der Waals surface area contributed by atoms with Crippen LogP contribution in [0.15, 0.2) is 36.7 Å². The molecule has 1 aromatic heterocycles. The molecule has 0 spiro atoms. The highest BCUT2D eigenvalue weighted by atomic mass is 35.5. The van der Waals surface area contributed by atoms with Crippen LogP contribution in [0.1, 0.15) is 5.56 Å². The first-order chi connectivity index (χ1) is 9.65. The molecule has 108 valence electrons. The average Bonchev–Trinajstić information content (AvgIpc) is 2.89. The van der Waals surface area contributed by atoms with Gasteiger partial charge in [-0.2, -0.15) is 5.10 Å². The Balaban J connectivity index is 1.68. The van der Waals surface area contributed by atoms with E-state index in [9.17, 15) is 5.11 Å². The number of rotatable bonds is 7. The lowest BCUT2D eigenvalue weighted by Crippen LogP contribution is -2.31. The standard InChI is InChI=1S/C14H17Cl2N3O/c15-12-3-2-11(14(16)8-12)4-6-17-9-13(20)10-19-7-1-5-18-19/h1-3,5,7-8,13,17,20H,4,6,9-10H2. The summed E-state index contributed by atoms with van der Waals surface area (Å²) in [6.45, 7) is 1.75. The summed E-state index contributed by atoms with van der Waals surface area (Å²) in [4.78, 5) is 0. The normalized spacial score (nSPS) is 12.6. The fourth-order valence-corrected chi connectivity index (χ4v) is 2.41. The molecule has 2 rings (SSSR count). The molecule has 1 aromatic carbocycles. The summed E-state index contributed by atoms with van der Waals surface area (Å²) in [6, 6.07) is 7.33. The third-order valence-electron chi connectivity index (χ3n) is 2.92. The maximum absolute atomic E-state index is 9.84. The van der Waals surface area contributed by atoms with Gasteiger partial charge in [0.1, 0.15) is 0 Å². The number of nitrogens with zero attached hydrogens (tertiary/aromatic N) is 2. The Morgan fingerprint density at radius 3 is 2.90 bits per heavy atom. The molecule has 0 saturated heterocycles. The average molecular weight is 314 g/mol. The molecular formula is C14H17Cl2N3O. The number of aliphatic hydroxyl groups excluding tert-OH is 1. The first-order valence-corrected chi connectivity index (χ1v) is 7.21. The van der Waals surface area contributed by atoms with Gasteiger partial charge in [-0.25, -0.2) is 0 Å². The van der Waals surface area contributed by atoms with Crippen molar-refractivity contribution in [1.82, 2.24) is 15.1 Å². The zero-order chi connectivity index (χ0) is 14.4. The van der Waals surface area contributed by atoms with Crippen LogP contribution in [0, 0.1) is 0 Å². The molecule has 1 atom stereocenters. The van der Waals surface area contributed by atoms with Gasteiger partial charge in [-0.3, -0.25) is 4.68 Å². The van der Waals surface area contributed by atoms with Crippen molar-refractivity contribution in [2.75, 3.05) is 13.1 Å². The van der Waals surface area contributed by atoms with E-state index in [-0.39, 0.29) is 0 Å². The summed E-state index contributed by atoms with van der Waals surface area (Å²) < 4.78 is 1.71. The minimum atomic E-state index is -0.462. The summed E-state index contributed by atoms with van der Waals surface area (Å²) in [7, 11) is 0. The lowest BCUT2D eigenvalue weighted by atomic mass is 10.1. The van der Waals surface area contributed by atoms with E-state index >= 15 is 0 Å². The Kier molecular flexibility index (Phi) is 5.86. The van der Waals surface area contributed by atoms with Gasteiger partial charge in [0.15, 0.2) is 0 Å². The van der Waals surface area contributed by atoms with Crippen molar-refractivity contribution in [2.45, 2.75) is 19.1 Å². The molecular weight excluding hydrogens is 297 g/mol. The van der Waals surface area contributed by atoms with Gasteiger partial charge >= 0.3 is 0 Å². The molecule has 0 aliphatic rings. The van der Waals surface area contributed by atoms with Crippen molar-refractivity contribution in [2.24, 2.45) is 0 Å². The van der Waals surface area contributed by atoms with Crippen LogP contribution in [-0.4, -0.2) is 34.1 Å². The minimum absolute atomic E-state index is 0.462. The van der Waals surface area contributed by atoms with Gasteiger partial charge < -0.3 is 10.4 Å². The Hall–Kier alpha value is -1.07. The maximum atomic E-state index is 9.84. The van der Waals surface area contributed by atoms with Gasteiger partial charge in [-0.05, 0) is 36.7 Å². The summed E-state index contributed by atoms with van der Waals surface area (Å²) in [5.41, 5.74) is 1.05. The summed E-state index contributed by atoms with van der Waals surface area (Å²) in [5.74, 6) is 0. The molecule has 2 aromatic rings. The van der Waals surface area contributed by atoms with E-state index in [2.05, 4.69) is 10.4 Å². The molecule has 0 amide bonds. The van der Waals surface area contributed by atoms with Crippen LogP contribution in [0.25, 0.3) is 0 Å². The van der Waals surface area contributed by atoms with Gasteiger partial charge in [-0.1, -0.05) is 29.3 Å². The molecule has 6 heteroatoms. The molecule has 0 radical (unpaired) electrons. The fraction of sp³-hybridized carbons (Fsp3) is 0.357. The Morgan fingerprint density at radius 2 is 2.20 bits per heavy atom. The number of halogens is 2. The summed E-state index contributed by atoms with van der Waals surface area (Å²) in [6.07, 6.45) is 3.86. The quantitative estimate of drug-likeness (QED) is 0.772. The van der Waals surface area contributed by atoms with Gasteiger partial charge in [-0.15, -0.1) is 0 Å². The van der Waals surface area contributed by atoms with Crippen molar-refractivity contribution < 1.29 is 5.11 Å². The first-order valence-electron chi connectivity index (χ1n) is 6.45. The van der Waals surface area contributed by atoms with Crippen LogP contribution in [0.3, 0.4) is 0 Å². The van der Waals surface area contributed by atoms with Crippen LogP contribution in [-0.2, 0) is 13.0 Å². The SMILES string of the molecule is OC(CNCCc1ccc(Cl)cc1Cl)Cn1cccn1. The lowest BCUT2D eigenvalue weighted by molar-refractivity contribution is 0.147. The number of hydrogen-bond donors (Lipinski definition) is 2. The van der Waals surface area contributed by atoms with Crippen molar-refractivity contribution >= 4 is 23.2 Å². The largest absolute Gasteiger partial charge is 0.390 e. The van der Waals surface area contributed by atoms with Crippen LogP contribution in [0.4, 0.5) is 0 Å². The van der Waals surface area contributed by atoms with E-state index < -0.39 is 6.10 Å². The number of aliphatic hydroxyl groups is 1. The third-order valence-corrected chi connectivity index (χ3v) is 3.51. The first kappa shape index (κ1) is 15.3. The molecule has 20 heavy (non-hydrogen) atoms. The monoisotopic (exact) mass is 313 g/mol. The van der Waals surface area contributed by atoms with Crippen molar-refractivity contribution in [3.05, 3.63) is 52.3 Å². The molecule has 0 aliphatic heterocycles. The predicted octanol–water partition coefficient (Wildman–Crippen LogP) is 2.38. The number of aromatic nitrogens is 2. The van der Waals surface area contributed by atoms with E-state index in [0.717, 1.165) is 18.5 Å². The van der Waals surface area contributed by atoms with Gasteiger partial charge in [0, 0.05) is 29.0 Å². The molecule has 0 aliphatic carbocycles. The molecule has 2 N–H and O–H groups in total. The Bertz CT molecular complexity index is 531. The summed E-state index contributed by atoms with van der Waals surface area (Å²) in [5, 5.41) is 18.4. The fourth-order valence-electron chi connectivity index (χ4n) is 1.91. The van der Waals surface area contributed by atoms with E-state index in [1.54, 1.807) is 16.9 Å². The highest BCUT2D eigenvalue weighted by Gasteiger charge is 2.05. The smallest absolute Gasteiger partial charge is 0.0860 e. The predicted molar refractivity (Wildman–Crippen MR) is 81.3 cm³/mol. The highest BCUT2D eigenvalue weighted by Crippen LogP contribution is 2.20. The Morgan fingerprint density at radius 1 is 1.35 bits per heavy atom. The second-order valence-corrected chi connectivity index (χ2v) is 5.42. The topological polar surface area (TPSA) is 50.1 Å². The summed E-state index contributed by atoms with van der Waals surface area (Å²) >= 11 is 11.9. The van der Waals surface area contributed by atoms with Crippen LogP contribution in [0.2, 0.25) is 10.0 Å². The van der Waals surface area contributed by atoms with Gasteiger partial charge in [0.05, 0.1) is 12.6 Å². The third kappa shape index (κ3) is 4.80. The highest BCUT2D eigenvalue weighted by molar-refractivity contribution is 6.35. The zero-order valence-corrected chi connectivity index (χ0v) is 12.5. The number of benzene rings is 1. The molecule has 1 unspecified atom stereocenters. The molecule has 1 heterocycles. The van der Waals surface area contributed by atoms with E-state index in [1.807, 2.05) is 24.4 Å². The lowest BCUT2D eigenvalue weighted by Gasteiger charge is -2.12. The van der Waals surface area contributed by atoms with Crippen LogP contribution in [0.5, 0.6) is 0 Å². The van der Waals surface area contributed by atoms with Crippen molar-refractivity contribution in [3.8, 4) is 0 Å². The van der Waals surface area contributed by atoms with E-state index in [1.165, 1.54) is 0 Å². The van der Waals surface area contributed by atoms with Crippen LogP contribution >= 0.6 is 23.2 Å². The molecule has 0 bridgehead atoms. The maximum Gasteiger partial charge on any atom is 0.0860 e. The zero-order valence-electron chi connectivity index (χ0n) is 11.0. The Labute approximate surface area is 128 Å². The second-order valence-electron chi connectivity index (χ2n) is 4.57. The van der Waals surface area contributed by atoms with Crippen molar-refractivity contribution in [3.63, 3.8) is 0 Å². The van der Waals surface area contributed by atoms with Crippen LogP contribution < -0.4 is 5.32 Å². The van der Waals surface area contributed by atoms with Gasteiger partial charge in [0.25, 0.3) is 0 Å². The van der Waals surface area contributed by atoms with Crippen molar-refractivity contribution in [1.29, 1.82) is 0 Å². The van der Waals surface area contributed by atoms with E-state index in [4.69, 9.17) is 23.2 Å². The number of nitrogens with one attached hydrogen (secondary N) is 1.